The van der Waals surface area contributed by atoms with Gasteiger partial charge >= 0.3 is 5.76 Å². The first kappa shape index (κ1) is 13.6. The van der Waals surface area contributed by atoms with Gasteiger partial charge in [-0.05, 0) is 25.2 Å². The smallest absolute Gasteiger partial charge is 0.408 e. The van der Waals surface area contributed by atoms with Crippen LogP contribution in [0.1, 0.15) is 11.6 Å². The lowest BCUT2D eigenvalue weighted by Crippen LogP contribution is -2.27. The predicted octanol–water partition coefficient (Wildman–Crippen LogP) is 2.69. The number of hydrogen-bond donors (Lipinski definition) is 1. The molecule has 0 saturated carbocycles. The third kappa shape index (κ3) is 2.48. The Bertz CT molecular complexity index is 822. The Labute approximate surface area is 120 Å². The lowest BCUT2D eigenvalue weighted by atomic mass is 10.1. The minimum atomic E-state index is -0.437. The molecule has 5 heteroatoms. The van der Waals surface area contributed by atoms with Gasteiger partial charge in [-0.2, -0.15) is 0 Å². The fraction of sp³-hybridized carbons (Fsp3) is 0.188. The lowest BCUT2D eigenvalue weighted by molar-refractivity contribution is 0.439. The standard InChI is InChI=1S/C16H15FN2O2/c1-18-13(11-6-2-3-7-12(11)17)10-19-14-8-4-5-9-15(14)21-16(19)20/h2-9,13,18H,10H2,1H3. The van der Waals surface area contributed by atoms with Gasteiger partial charge in [0.15, 0.2) is 5.58 Å². The van der Waals surface area contributed by atoms with Crippen LogP contribution in [0, 0.1) is 5.82 Å². The quantitative estimate of drug-likeness (QED) is 0.802. The van der Waals surface area contributed by atoms with Crippen molar-refractivity contribution < 1.29 is 8.81 Å². The highest BCUT2D eigenvalue weighted by molar-refractivity contribution is 5.72. The largest absolute Gasteiger partial charge is 0.420 e. The number of nitrogens with one attached hydrogen (secondary N) is 1. The number of nitrogens with zero attached hydrogens (tertiary/aromatic N) is 1. The first-order valence-corrected chi connectivity index (χ1v) is 6.71. The lowest BCUT2D eigenvalue weighted by Gasteiger charge is -2.17. The SMILES string of the molecule is CNC(Cn1c(=O)oc2ccccc21)c1ccccc1F. The average molecular weight is 286 g/mol. The van der Waals surface area contributed by atoms with E-state index in [4.69, 9.17) is 4.42 Å². The van der Waals surface area contributed by atoms with E-state index in [-0.39, 0.29) is 11.9 Å². The molecule has 1 heterocycles. The Kier molecular flexibility index (Phi) is 3.58. The molecule has 3 rings (SSSR count). The van der Waals surface area contributed by atoms with E-state index in [9.17, 15) is 9.18 Å². The van der Waals surface area contributed by atoms with E-state index in [1.165, 1.54) is 10.6 Å². The van der Waals surface area contributed by atoms with E-state index in [0.29, 0.717) is 23.2 Å². The number of hydrogen-bond acceptors (Lipinski definition) is 3. The molecule has 21 heavy (non-hydrogen) atoms. The summed E-state index contributed by atoms with van der Waals surface area (Å²) in [7, 11) is 1.74. The maximum absolute atomic E-state index is 13.9. The molecule has 0 saturated heterocycles. The number of benzene rings is 2. The van der Waals surface area contributed by atoms with Gasteiger partial charge in [-0.25, -0.2) is 9.18 Å². The first-order chi connectivity index (χ1) is 10.2. The van der Waals surface area contributed by atoms with E-state index >= 15 is 0 Å². The topological polar surface area (TPSA) is 47.2 Å². The second kappa shape index (κ2) is 5.54. The molecule has 0 spiro atoms. The Morgan fingerprint density at radius 3 is 2.67 bits per heavy atom. The van der Waals surface area contributed by atoms with Crippen LogP contribution in [0.25, 0.3) is 11.1 Å². The third-order valence-corrected chi connectivity index (χ3v) is 3.57. The van der Waals surface area contributed by atoms with Crippen LogP contribution < -0.4 is 11.1 Å². The summed E-state index contributed by atoms with van der Waals surface area (Å²) in [6.45, 7) is 0.299. The molecule has 1 unspecified atom stereocenters. The second-order valence-electron chi connectivity index (χ2n) is 4.81. The van der Waals surface area contributed by atoms with E-state index in [0.717, 1.165) is 0 Å². The van der Waals surface area contributed by atoms with Gasteiger partial charge in [0.05, 0.1) is 11.6 Å². The molecule has 1 aromatic heterocycles. The Morgan fingerprint density at radius 1 is 1.19 bits per heavy atom. The average Bonchev–Trinajstić information content (AvgIpc) is 2.81. The van der Waals surface area contributed by atoms with Gasteiger partial charge < -0.3 is 9.73 Å². The molecular formula is C16H15FN2O2. The summed E-state index contributed by atoms with van der Waals surface area (Å²) >= 11 is 0. The number of halogens is 1. The van der Waals surface area contributed by atoms with Crippen LogP contribution in [0.5, 0.6) is 0 Å². The van der Waals surface area contributed by atoms with E-state index < -0.39 is 5.76 Å². The zero-order valence-corrected chi connectivity index (χ0v) is 11.5. The number of oxazole rings is 1. The van der Waals surface area contributed by atoms with Crippen molar-refractivity contribution in [2.45, 2.75) is 12.6 Å². The fourth-order valence-electron chi connectivity index (χ4n) is 2.47. The molecule has 0 aliphatic carbocycles. The van der Waals surface area contributed by atoms with Gasteiger partial charge in [0, 0.05) is 12.1 Å². The third-order valence-electron chi connectivity index (χ3n) is 3.57. The number of rotatable bonds is 4. The van der Waals surface area contributed by atoms with Crippen LogP contribution in [-0.2, 0) is 6.54 Å². The normalized spacial score (nSPS) is 12.7. The van der Waals surface area contributed by atoms with Crippen LogP contribution >= 0.6 is 0 Å². The summed E-state index contributed by atoms with van der Waals surface area (Å²) in [5.74, 6) is -0.731. The van der Waals surface area contributed by atoms with Crippen molar-refractivity contribution in [3.05, 3.63) is 70.5 Å². The van der Waals surface area contributed by atoms with Gasteiger partial charge in [-0.1, -0.05) is 30.3 Å². The number of aromatic nitrogens is 1. The Balaban J connectivity index is 2.02. The highest BCUT2D eigenvalue weighted by Gasteiger charge is 2.17. The number of likely N-dealkylation sites (N-methyl/N-ethyl adjacent to an activating group) is 1. The van der Waals surface area contributed by atoms with Crippen molar-refractivity contribution in [3.8, 4) is 0 Å². The van der Waals surface area contributed by atoms with Crippen LogP contribution in [0.3, 0.4) is 0 Å². The van der Waals surface area contributed by atoms with Gasteiger partial charge in [-0.3, -0.25) is 4.57 Å². The maximum Gasteiger partial charge on any atom is 0.420 e. The van der Waals surface area contributed by atoms with Crippen molar-refractivity contribution in [1.82, 2.24) is 9.88 Å². The number of fused-ring (bicyclic) bond motifs is 1. The molecule has 0 aliphatic heterocycles. The maximum atomic E-state index is 13.9. The van der Waals surface area contributed by atoms with Gasteiger partial charge in [0.2, 0.25) is 0 Å². The molecule has 0 fully saturated rings. The highest BCUT2D eigenvalue weighted by atomic mass is 19.1. The molecule has 108 valence electrons. The predicted molar refractivity (Wildman–Crippen MR) is 78.7 cm³/mol. The van der Waals surface area contributed by atoms with Gasteiger partial charge in [-0.15, -0.1) is 0 Å². The fourth-order valence-corrected chi connectivity index (χ4v) is 2.47. The van der Waals surface area contributed by atoms with Gasteiger partial charge in [0.25, 0.3) is 0 Å². The molecule has 1 N–H and O–H groups in total. The highest BCUT2D eigenvalue weighted by Crippen LogP contribution is 2.20. The zero-order valence-electron chi connectivity index (χ0n) is 11.5. The molecule has 3 aromatic rings. The minimum Gasteiger partial charge on any atom is -0.408 e. The number of para-hydroxylation sites is 2. The van der Waals surface area contributed by atoms with E-state index in [2.05, 4.69) is 5.32 Å². The van der Waals surface area contributed by atoms with Crippen LogP contribution in [0.2, 0.25) is 0 Å². The molecule has 0 radical (unpaired) electrons. The van der Waals surface area contributed by atoms with Crippen molar-refractivity contribution in [3.63, 3.8) is 0 Å². The Morgan fingerprint density at radius 2 is 1.90 bits per heavy atom. The molecule has 4 nitrogen and oxygen atoms in total. The minimum absolute atomic E-state index is 0.294. The zero-order chi connectivity index (χ0) is 14.8. The van der Waals surface area contributed by atoms with Crippen molar-refractivity contribution in [2.24, 2.45) is 0 Å². The molecular weight excluding hydrogens is 271 g/mol. The van der Waals surface area contributed by atoms with Gasteiger partial charge in [0.1, 0.15) is 5.82 Å². The summed E-state index contributed by atoms with van der Waals surface area (Å²) in [6.07, 6.45) is 0. The van der Waals surface area contributed by atoms with Crippen LogP contribution in [0.15, 0.2) is 57.7 Å². The van der Waals surface area contributed by atoms with Crippen molar-refractivity contribution in [2.75, 3.05) is 7.05 Å². The summed E-state index contributed by atoms with van der Waals surface area (Å²) in [5.41, 5.74) is 1.77. The first-order valence-electron chi connectivity index (χ1n) is 6.71. The molecule has 2 aromatic carbocycles. The van der Waals surface area contributed by atoms with E-state index in [1.54, 1.807) is 31.3 Å². The molecule has 0 amide bonds. The summed E-state index contributed by atoms with van der Waals surface area (Å²) < 4.78 is 20.6. The van der Waals surface area contributed by atoms with Crippen molar-refractivity contribution in [1.29, 1.82) is 0 Å². The summed E-state index contributed by atoms with van der Waals surface area (Å²) in [6, 6.07) is 13.4. The molecule has 0 aliphatic rings. The Hall–Kier alpha value is -2.40. The van der Waals surface area contributed by atoms with E-state index in [1.807, 2.05) is 18.2 Å². The van der Waals surface area contributed by atoms with Crippen molar-refractivity contribution >= 4 is 11.1 Å². The van der Waals surface area contributed by atoms with Crippen LogP contribution in [0.4, 0.5) is 4.39 Å². The summed E-state index contributed by atoms with van der Waals surface area (Å²) in [5, 5.41) is 3.05. The van der Waals surface area contributed by atoms with Crippen LogP contribution in [-0.4, -0.2) is 11.6 Å². The molecule has 1 atom stereocenters. The summed E-state index contributed by atoms with van der Waals surface area (Å²) in [4.78, 5) is 12.0. The monoisotopic (exact) mass is 286 g/mol. The second-order valence-corrected chi connectivity index (χ2v) is 4.81. The molecule has 0 bridgehead atoms.